The number of aromatic nitrogens is 2. The van der Waals surface area contributed by atoms with E-state index in [4.69, 9.17) is 0 Å². The zero-order valence-electron chi connectivity index (χ0n) is 14.7. The molecule has 130 valence electrons. The number of imidazole rings is 1. The monoisotopic (exact) mass is 360 g/mol. The van der Waals surface area contributed by atoms with Crippen LogP contribution in [0, 0.1) is 0 Å². The molecule has 2 aromatic heterocycles. The molecule has 0 saturated carbocycles. The van der Waals surface area contributed by atoms with E-state index in [1.165, 1.54) is 20.9 Å². The maximum absolute atomic E-state index is 4.10. The van der Waals surface area contributed by atoms with Crippen LogP contribution in [0.1, 0.15) is 23.4 Å². The molecule has 3 nitrogen and oxygen atoms in total. The number of thiophene rings is 1. The average molecular weight is 361 g/mol. The van der Waals surface area contributed by atoms with Crippen LogP contribution in [0.4, 0.5) is 0 Å². The molecular weight excluding hydrogens is 338 g/mol. The van der Waals surface area contributed by atoms with Crippen LogP contribution in [-0.2, 0) is 6.54 Å². The van der Waals surface area contributed by atoms with Crippen molar-refractivity contribution in [1.29, 1.82) is 0 Å². The minimum atomic E-state index is 0.425. The largest absolute Gasteiger partial charge is 0.336 e. The molecule has 1 atom stereocenters. The summed E-state index contributed by atoms with van der Waals surface area (Å²) in [4.78, 5) is 6.85. The van der Waals surface area contributed by atoms with E-state index in [1.54, 1.807) is 6.20 Å². The Morgan fingerprint density at radius 3 is 2.54 bits per heavy atom. The summed E-state index contributed by atoms with van der Waals surface area (Å²) in [5, 5.41) is 2.40. The van der Waals surface area contributed by atoms with E-state index in [9.17, 15) is 0 Å². The fourth-order valence-corrected chi connectivity index (χ4v) is 4.02. The number of nitrogens with two attached hydrogens (primary N) is 1. The zero-order chi connectivity index (χ0) is 17.8. The van der Waals surface area contributed by atoms with Crippen molar-refractivity contribution in [3.05, 3.63) is 95.9 Å². The molecule has 0 fully saturated rings. The summed E-state index contributed by atoms with van der Waals surface area (Å²) in [5.41, 5.74) is 3.78. The van der Waals surface area contributed by atoms with Crippen LogP contribution in [0.3, 0.4) is 0 Å². The highest BCUT2D eigenvalue weighted by molar-refractivity contribution is 7.15. The Bertz CT molecular complexity index is 941. The first-order valence-corrected chi connectivity index (χ1v) is 9.67. The van der Waals surface area contributed by atoms with E-state index >= 15 is 0 Å². The molecule has 26 heavy (non-hydrogen) atoms. The van der Waals surface area contributed by atoms with Gasteiger partial charge < -0.3 is 9.88 Å². The van der Waals surface area contributed by atoms with Gasteiger partial charge in [0.1, 0.15) is 12.6 Å². The number of rotatable bonds is 6. The number of quaternary nitrogens is 1. The Balaban J connectivity index is 1.38. The van der Waals surface area contributed by atoms with Crippen molar-refractivity contribution >= 4 is 11.3 Å². The van der Waals surface area contributed by atoms with E-state index in [0.29, 0.717) is 6.04 Å². The highest BCUT2D eigenvalue weighted by Gasteiger charge is 2.10. The molecule has 4 rings (SSSR count). The van der Waals surface area contributed by atoms with Gasteiger partial charge in [0.25, 0.3) is 0 Å². The van der Waals surface area contributed by atoms with Crippen molar-refractivity contribution in [2.45, 2.75) is 19.5 Å². The Labute approximate surface area is 158 Å². The van der Waals surface area contributed by atoms with Crippen LogP contribution in [0.5, 0.6) is 0 Å². The molecule has 2 heterocycles. The van der Waals surface area contributed by atoms with E-state index in [-0.39, 0.29) is 0 Å². The van der Waals surface area contributed by atoms with Gasteiger partial charge in [-0.25, -0.2) is 4.98 Å². The lowest BCUT2D eigenvalue weighted by atomic mass is 10.1. The van der Waals surface area contributed by atoms with Crippen LogP contribution < -0.4 is 5.32 Å². The van der Waals surface area contributed by atoms with Gasteiger partial charge in [-0.15, -0.1) is 11.3 Å². The van der Waals surface area contributed by atoms with Crippen LogP contribution in [0.15, 0.2) is 85.5 Å². The van der Waals surface area contributed by atoms with Crippen LogP contribution >= 0.6 is 11.3 Å². The summed E-state index contributed by atoms with van der Waals surface area (Å²) >= 11 is 1.88. The normalized spacial score (nSPS) is 12.2. The molecule has 0 bridgehead atoms. The van der Waals surface area contributed by atoms with E-state index < -0.39 is 0 Å². The summed E-state index contributed by atoms with van der Waals surface area (Å²) in [5.74, 6) is 0. The first-order chi connectivity index (χ1) is 12.8. The number of benzene rings is 2. The van der Waals surface area contributed by atoms with Gasteiger partial charge in [0.2, 0.25) is 0 Å². The van der Waals surface area contributed by atoms with Gasteiger partial charge in [-0.05, 0) is 36.8 Å². The minimum absolute atomic E-state index is 0.425. The van der Waals surface area contributed by atoms with Gasteiger partial charge in [-0.3, -0.25) is 0 Å². The summed E-state index contributed by atoms with van der Waals surface area (Å²) < 4.78 is 2.02. The molecule has 0 unspecified atom stereocenters. The second-order valence-electron chi connectivity index (χ2n) is 6.42. The lowest BCUT2D eigenvalue weighted by molar-refractivity contribution is -0.707. The number of hydrogen-bond donors (Lipinski definition) is 1. The molecule has 0 aliphatic rings. The quantitative estimate of drug-likeness (QED) is 0.542. The van der Waals surface area contributed by atoms with Crippen LogP contribution in [-0.4, -0.2) is 9.55 Å². The van der Waals surface area contributed by atoms with Gasteiger partial charge in [0, 0.05) is 28.5 Å². The summed E-state index contributed by atoms with van der Waals surface area (Å²) in [7, 11) is 0. The van der Waals surface area contributed by atoms with Crippen molar-refractivity contribution in [2.75, 3.05) is 0 Å². The maximum Gasteiger partial charge on any atom is 0.111 e. The van der Waals surface area contributed by atoms with Crippen molar-refractivity contribution < 1.29 is 5.32 Å². The van der Waals surface area contributed by atoms with Crippen LogP contribution in [0.25, 0.3) is 16.1 Å². The van der Waals surface area contributed by atoms with Gasteiger partial charge in [-0.1, -0.05) is 42.5 Å². The topological polar surface area (TPSA) is 34.4 Å². The summed E-state index contributed by atoms with van der Waals surface area (Å²) in [6.45, 7) is 3.26. The molecule has 0 radical (unpaired) electrons. The Kier molecular flexibility index (Phi) is 4.95. The number of hydrogen-bond acceptors (Lipinski definition) is 2. The van der Waals surface area contributed by atoms with Crippen molar-refractivity contribution in [2.24, 2.45) is 0 Å². The van der Waals surface area contributed by atoms with E-state index in [0.717, 1.165) is 12.2 Å². The van der Waals surface area contributed by atoms with E-state index in [2.05, 4.69) is 84.0 Å². The molecule has 0 saturated heterocycles. The lowest BCUT2D eigenvalue weighted by Crippen LogP contribution is -2.82. The molecule has 0 amide bonds. The molecule has 0 aliphatic heterocycles. The Morgan fingerprint density at radius 2 is 1.81 bits per heavy atom. The van der Waals surface area contributed by atoms with Gasteiger partial charge in [-0.2, -0.15) is 0 Å². The summed E-state index contributed by atoms with van der Waals surface area (Å²) in [6, 6.07) is 24.2. The Morgan fingerprint density at radius 1 is 1.00 bits per heavy atom. The summed E-state index contributed by atoms with van der Waals surface area (Å²) in [6.07, 6.45) is 5.59. The van der Waals surface area contributed by atoms with E-state index in [1.807, 2.05) is 28.4 Å². The highest BCUT2D eigenvalue weighted by Crippen LogP contribution is 2.27. The molecular formula is C22H22N3S+. The first-order valence-electron chi connectivity index (χ1n) is 8.85. The molecule has 4 aromatic rings. The number of nitrogens with zero attached hydrogens (tertiary/aromatic N) is 2. The fraction of sp³-hybridized carbons (Fsp3) is 0.136. The predicted octanol–water partition coefficient (Wildman–Crippen LogP) is 4.43. The van der Waals surface area contributed by atoms with Gasteiger partial charge in [0.15, 0.2) is 0 Å². The zero-order valence-corrected chi connectivity index (χ0v) is 15.6. The molecule has 2 N–H and O–H groups in total. The first kappa shape index (κ1) is 16.8. The second-order valence-corrected chi connectivity index (χ2v) is 7.59. The third kappa shape index (κ3) is 3.77. The van der Waals surface area contributed by atoms with Gasteiger partial charge >= 0.3 is 0 Å². The smallest absolute Gasteiger partial charge is 0.111 e. The molecule has 0 spiro atoms. The molecule has 0 aliphatic carbocycles. The van der Waals surface area contributed by atoms with Crippen molar-refractivity contribution in [3.8, 4) is 16.1 Å². The van der Waals surface area contributed by atoms with Crippen molar-refractivity contribution in [1.82, 2.24) is 9.55 Å². The highest BCUT2D eigenvalue weighted by atomic mass is 32.1. The standard InChI is InChI=1S/C22H21N3S/c1-17(18-7-9-20(10-8-18)25-14-13-23-16-25)24-15-21-11-12-22(26-21)19-5-3-2-4-6-19/h2-14,16-17,24H,15H2,1H3/p+1/t17-/m0/s1. The van der Waals surface area contributed by atoms with Crippen molar-refractivity contribution in [3.63, 3.8) is 0 Å². The predicted molar refractivity (Wildman–Crippen MR) is 107 cm³/mol. The lowest BCUT2D eigenvalue weighted by Gasteiger charge is -2.11. The SMILES string of the molecule is C[C@H]([NH2+]Cc1ccc(-c2ccccc2)s1)c1ccc(-n2ccnc2)cc1. The Hall–Kier alpha value is -2.69. The third-order valence-electron chi connectivity index (χ3n) is 4.61. The average Bonchev–Trinajstić information content (AvgIpc) is 3.39. The third-order valence-corrected chi connectivity index (χ3v) is 5.77. The molecule has 4 heteroatoms. The molecule has 2 aromatic carbocycles. The maximum atomic E-state index is 4.10. The van der Waals surface area contributed by atoms with Crippen LogP contribution in [0.2, 0.25) is 0 Å². The fourth-order valence-electron chi connectivity index (χ4n) is 3.04. The van der Waals surface area contributed by atoms with Gasteiger partial charge in [0.05, 0.1) is 11.2 Å². The minimum Gasteiger partial charge on any atom is -0.336 e. The second kappa shape index (κ2) is 7.68.